The summed E-state index contributed by atoms with van der Waals surface area (Å²) >= 11 is 0. The predicted octanol–water partition coefficient (Wildman–Crippen LogP) is -0.153. The molecule has 2 atom stereocenters. The summed E-state index contributed by atoms with van der Waals surface area (Å²) in [5, 5.41) is 19.0. The molecule has 0 aliphatic carbocycles. The molecule has 2 unspecified atom stereocenters. The van der Waals surface area contributed by atoms with Crippen LogP contribution in [0.3, 0.4) is 0 Å². The molecule has 16 nitrogen and oxygen atoms in total. The van der Waals surface area contributed by atoms with Gasteiger partial charge in [0.15, 0.2) is 0 Å². The third-order valence-electron chi connectivity index (χ3n) is 8.12. The van der Waals surface area contributed by atoms with E-state index in [0.717, 1.165) is 0 Å². The van der Waals surface area contributed by atoms with Gasteiger partial charge in [-0.25, -0.2) is 18.7 Å². The second kappa shape index (κ2) is 9.75. The molecule has 2 aromatic heterocycles. The van der Waals surface area contributed by atoms with E-state index in [1.54, 1.807) is 60.3 Å². The fourth-order valence-corrected chi connectivity index (χ4v) is 6.27. The van der Waals surface area contributed by atoms with Crippen molar-refractivity contribution in [3.8, 4) is 0 Å². The third kappa shape index (κ3) is 4.06. The highest BCUT2D eigenvalue weighted by Gasteiger charge is 2.45. The Labute approximate surface area is 246 Å². The van der Waals surface area contributed by atoms with Gasteiger partial charge in [0.25, 0.3) is 11.1 Å². The highest BCUT2D eigenvalue weighted by atomic mass is 16.4. The van der Waals surface area contributed by atoms with E-state index in [4.69, 9.17) is 11.5 Å². The molecule has 8 N–H and O–H groups in total. The maximum absolute atomic E-state index is 14.1. The fraction of sp³-hybridized carbons (Fsp3) is 0.214. The smallest absolute Gasteiger partial charge is 0.330 e. The van der Waals surface area contributed by atoms with E-state index in [0.29, 0.717) is 43.0 Å². The SMILES string of the molecule is CN1c2cc(N)ccc2C(C2c3ccc(N)cc3N(C)c3[nH]c(=O)n(CC(=O)O)c(=O)c32)c2c1[nH]c(=O)n(CC(=O)O)c2=O. The molecular weight excluding hydrogens is 576 g/mol. The number of anilines is 6. The van der Waals surface area contributed by atoms with E-state index >= 15 is 0 Å². The van der Waals surface area contributed by atoms with Crippen LogP contribution in [0.15, 0.2) is 55.6 Å². The molecule has 0 bridgehead atoms. The summed E-state index contributed by atoms with van der Waals surface area (Å²) in [6.07, 6.45) is 0. The number of fused-ring (bicyclic) bond motifs is 4. The standard InChI is InChI=1S/C28H26N8O8/c1-33-15-7-11(29)3-5-13(15)19(21-23(33)31-27(43)35(25(21)41)9-17(37)38)20-14-6-4-12(30)8-16(14)34(2)24-22(20)26(42)36(10-18(39)40)28(44)32-24/h3-8,19-20H,9-10,29-30H2,1-2H3,(H,31,43)(H,32,44)(H,37,38)(H,39,40). The molecule has 2 aliphatic heterocycles. The number of aromatic nitrogens is 4. The summed E-state index contributed by atoms with van der Waals surface area (Å²) in [6.45, 7) is -1.86. The molecule has 44 heavy (non-hydrogen) atoms. The first-order chi connectivity index (χ1) is 20.8. The van der Waals surface area contributed by atoms with Gasteiger partial charge >= 0.3 is 23.3 Å². The van der Waals surface area contributed by atoms with Crippen molar-refractivity contribution in [1.29, 1.82) is 0 Å². The average Bonchev–Trinajstić information content (AvgIpc) is 2.95. The molecule has 226 valence electrons. The maximum Gasteiger partial charge on any atom is 0.330 e. The quantitative estimate of drug-likeness (QED) is 0.163. The van der Waals surface area contributed by atoms with Crippen LogP contribution in [0.25, 0.3) is 0 Å². The van der Waals surface area contributed by atoms with E-state index in [2.05, 4.69) is 9.97 Å². The summed E-state index contributed by atoms with van der Waals surface area (Å²) < 4.78 is 1.11. The third-order valence-corrected chi connectivity index (χ3v) is 8.12. The molecule has 0 amide bonds. The van der Waals surface area contributed by atoms with Gasteiger partial charge in [-0.3, -0.25) is 29.1 Å². The summed E-state index contributed by atoms with van der Waals surface area (Å²) in [4.78, 5) is 85.9. The molecule has 4 aromatic rings. The topological polar surface area (TPSA) is 243 Å². The summed E-state index contributed by atoms with van der Waals surface area (Å²) in [5.74, 6) is -4.87. The Morgan fingerprint density at radius 3 is 1.41 bits per heavy atom. The number of nitrogen functional groups attached to an aromatic ring is 2. The minimum absolute atomic E-state index is 0.0238. The first-order valence-corrected chi connectivity index (χ1v) is 13.2. The number of nitrogens with one attached hydrogen (secondary N) is 2. The zero-order valence-corrected chi connectivity index (χ0v) is 23.3. The van der Waals surface area contributed by atoms with E-state index in [1.807, 2.05) is 0 Å². The normalized spacial score (nSPS) is 16.5. The van der Waals surface area contributed by atoms with E-state index in [1.165, 1.54) is 0 Å². The van der Waals surface area contributed by atoms with Gasteiger partial charge in [0, 0.05) is 48.7 Å². The monoisotopic (exact) mass is 602 g/mol. The predicted molar refractivity (Wildman–Crippen MR) is 159 cm³/mol. The van der Waals surface area contributed by atoms with Gasteiger partial charge in [-0.05, 0) is 35.4 Å². The average molecular weight is 603 g/mol. The van der Waals surface area contributed by atoms with Gasteiger partial charge in [-0.15, -0.1) is 0 Å². The number of aliphatic carboxylic acids is 2. The molecule has 0 fully saturated rings. The lowest BCUT2D eigenvalue weighted by molar-refractivity contribution is -0.138. The minimum atomic E-state index is -1.42. The second-order valence-corrected chi connectivity index (χ2v) is 10.7. The van der Waals surface area contributed by atoms with Crippen LogP contribution in [-0.4, -0.2) is 55.3 Å². The van der Waals surface area contributed by atoms with Crippen molar-refractivity contribution in [3.63, 3.8) is 0 Å². The summed E-state index contributed by atoms with van der Waals surface area (Å²) in [6, 6.07) is 9.78. The first-order valence-electron chi connectivity index (χ1n) is 13.2. The molecule has 16 heteroatoms. The Morgan fingerprint density at radius 1 is 0.705 bits per heavy atom. The second-order valence-electron chi connectivity index (χ2n) is 10.7. The Balaban J connectivity index is 1.79. The largest absolute Gasteiger partial charge is 0.480 e. The number of hydrogen-bond donors (Lipinski definition) is 6. The molecule has 0 saturated carbocycles. The molecule has 4 heterocycles. The highest BCUT2D eigenvalue weighted by Crippen LogP contribution is 2.55. The van der Waals surface area contributed by atoms with Crippen molar-refractivity contribution in [3.05, 3.63) is 100 Å². The van der Waals surface area contributed by atoms with Crippen molar-refractivity contribution in [2.75, 3.05) is 35.4 Å². The van der Waals surface area contributed by atoms with Crippen LogP contribution in [0.4, 0.5) is 34.4 Å². The zero-order chi connectivity index (χ0) is 31.8. The van der Waals surface area contributed by atoms with E-state index < -0.39 is 59.4 Å². The molecule has 0 saturated heterocycles. The molecule has 0 spiro atoms. The van der Waals surface area contributed by atoms with Gasteiger partial charge < -0.3 is 31.5 Å². The lowest BCUT2D eigenvalue weighted by Gasteiger charge is -2.42. The summed E-state index contributed by atoms with van der Waals surface area (Å²) in [5.41, 5.74) is 11.2. The Hall–Kier alpha value is -6.06. The number of nitrogens with two attached hydrogens (primary N) is 2. The van der Waals surface area contributed by atoms with Crippen LogP contribution in [0.1, 0.15) is 34.1 Å². The molecular formula is C28H26N8O8. The maximum atomic E-state index is 14.1. The lowest BCUT2D eigenvalue weighted by atomic mass is 9.70. The van der Waals surface area contributed by atoms with Gasteiger partial charge in [0.05, 0.1) is 11.1 Å². The Bertz CT molecular complexity index is 2010. The zero-order valence-electron chi connectivity index (χ0n) is 23.3. The number of hydrogen-bond acceptors (Lipinski definition) is 10. The number of carboxylic acid groups (broad SMARTS) is 2. The number of aromatic amines is 2. The van der Waals surface area contributed by atoms with Crippen LogP contribution in [-0.2, 0) is 22.7 Å². The first kappa shape index (κ1) is 28.1. The molecule has 2 aromatic carbocycles. The van der Waals surface area contributed by atoms with E-state index in [-0.39, 0.29) is 22.8 Å². The van der Waals surface area contributed by atoms with Gasteiger partial charge in [0.1, 0.15) is 24.7 Å². The number of H-pyrrole nitrogens is 2. The molecule has 6 rings (SSSR count). The number of carboxylic acids is 2. The number of benzene rings is 2. The van der Waals surface area contributed by atoms with Crippen molar-refractivity contribution < 1.29 is 19.8 Å². The Morgan fingerprint density at radius 2 is 1.07 bits per heavy atom. The van der Waals surface area contributed by atoms with E-state index in [9.17, 15) is 39.0 Å². The van der Waals surface area contributed by atoms with Gasteiger partial charge in [0.2, 0.25) is 0 Å². The van der Waals surface area contributed by atoms with Gasteiger partial charge in [-0.1, -0.05) is 12.1 Å². The minimum Gasteiger partial charge on any atom is -0.480 e. The van der Waals surface area contributed by atoms with Crippen molar-refractivity contribution >= 4 is 46.3 Å². The number of carbonyl (C=O) groups is 2. The van der Waals surface area contributed by atoms with Crippen molar-refractivity contribution in [2.24, 2.45) is 0 Å². The van der Waals surface area contributed by atoms with Crippen LogP contribution < -0.4 is 43.8 Å². The molecule has 2 aliphatic rings. The fourth-order valence-electron chi connectivity index (χ4n) is 6.27. The number of rotatable bonds is 5. The van der Waals surface area contributed by atoms with Crippen molar-refractivity contribution in [2.45, 2.75) is 24.9 Å². The highest BCUT2D eigenvalue weighted by molar-refractivity contribution is 5.81. The van der Waals surface area contributed by atoms with Crippen LogP contribution in [0, 0.1) is 0 Å². The van der Waals surface area contributed by atoms with Crippen molar-refractivity contribution in [1.82, 2.24) is 19.1 Å². The lowest BCUT2D eigenvalue weighted by Crippen LogP contribution is -2.46. The van der Waals surface area contributed by atoms with Crippen LogP contribution >= 0.6 is 0 Å². The summed E-state index contributed by atoms with van der Waals surface area (Å²) in [7, 11) is 3.19. The van der Waals surface area contributed by atoms with Gasteiger partial charge in [-0.2, -0.15) is 0 Å². The molecule has 0 radical (unpaired) electrons. The number of nitrogens with zero attached hydrogens (tertiary/aromatic N) is 4. The van der Waals surface area contributed by atoms with Crippen LogP contribution in [0.2, 0.25) is 0 Å². The van der Waals surface area contributed by atoms with Crippen LogP contribution in [0.5, 0.6) is 0 Å². The Kier molecular flexibility index (Phi) is 6.22.